The Morgan fingerprint density at radius 1 is 1.17 bits per heavy atom. The van der Waals surface area contributed by atoms with Crippen LogP contribution in [0.4, 0.5) is 0 Å². The van der Waals surface area contributed by atoms with Gasteiger partial charge >= 0.3 is 0 Å². The standard InChI is InChI=1S/C18H26BrNO2.ClH/c19-16-6-2-1-5-14(16)10-12-22-18-8-4-3-7-17(18)20-11-9-15(21)13-20;/h1-2,5-6,15,17-18,21H,3-4,7-13H2;1H. The average molecular weight is 405 g/mol. The van der Waals surface area contributed by atoms with Crippen molar-refractivity contribution in [2.75, 3.05) is 19.7 Å². The molecule has 0 amide bonds. The van der Waals surface area contributed by atoms with Crippen molar-refractivity contribution in [2.24, 2.45) is 0 Å². The van der Waals surface area contributed by atoms with E-state index in [0.717, 1.165) is 39.0 Å². The Hall–Kier alpha value is -0.130. The summed E-state index contributed by atoms with van der Waals surface area (Å²) in [5.41, 5.74) is 1.31. The van der Waals surface area contributed by atoms with E-state index in [9.17, 15) is 5.11 Å². The molecule has 1 aliphatic heterocycles. The van der Waals surface area contributed by atoms with Gasteiger partial charge in [0.25, 0.3) is 0 Å². The van der Waals surface area contributed by atoms with E-state index in [0.29, 0.717) is 12.1 Å². The molecule has 0 radical (unpaired) electrons. The maximum atomic E-state index is 9.78. The van der Waals surface area contributed by atoms with Crippen molar-refractivity contribution in [3.8, 4) is 0 Å². The molecule has 1 aliphatic carbocycles. The lowest BCUT2D eigenvalue weighted by molar-refractivity contribution is -0.0316. The molecule has 2 fully saturated rings. The van der Waals surface area contributed by atoms with E-state index in [2.05, 4.69) is 39.0 Å². The van der Waals surface area contributed by atoms with Gasteiger partial charge in [-0.15, -0.1) is 12.4 Å². The molecule has 3 atom stereocenters. The Labute approximate surface area is 153 Å². The van der Waals surface area contributed by atoms with Gasteiger partial charge in [-0.1, -0.05) is 47.0 Å². The number of rotatable bonds is 5. The maximum Gasteiger partial charge on any atom is 0.0730 e. The molecule has 130 valence electrons. The van der Waals surface area contributed by atoms with E-state index in [1.165, 1.54) is 29.3 Å². The summed E-state index contributed by atoms with van der Waals surface area (Å²) in [7, 11) is 0. The molecule has 2 aliphatic rings. The van der Waals surface area contributed by atoms with Crippen LogP contribution >= 0.6 is 28.3 Å². The zero-order valence-electron chi connectivity index (χ0n) is 13.5. The molecule has 1 aromatic rings. The van der Waals surface area contributed by atoms with Crippen molar-refractivity contribution in [1.82, 2.24) is 4.90 Å². The number of aliphatic hydroxyl groups excluding tert-OH is 1. The quantitative estimate of drug-likeness (QED) is 0.810. The number of nitrogens with zero attached hydrogens (tertiary/aromatic N) is 1. The molecule has 3 unspecified atom stereocenters. The van der Waals surface area contributed by atoms with Gasteiger partial charge in [0.15, 0.2) is 0 Å². The zero-order chi connectivity index (χ0) is 15.4. The highest BCUT2D eigenvalue weighted by Gasteiger charge is 2.34. The third-order valence-corrected chi connectivity index (χ3v) is 5.77. The highest BCUT2D eigenvalue weighted by Crippen LogP contribution is 2.28. The molecule has 0 bridgehead atoms. The first-order valence-corrected chi connectivity index (χ1v) is 9.30. The predicted octanol–water partition coefficient (Wildman–Crippen LogP) is 3.81. The van der Waals surface area contributed by atoms with E-state index in [1.807, 2.05) is 6.07 Å². The van der Waals surface area contributed by atoms with Gasteiger partial charge < -0.3 is 9.84 Å². The van der Waals surface area contributed by atoms with Crippen LogP contribution in [0.25, 0.3) is 0 Å². The number of benzene rings is 1. The van der Waals surface area contributed by atoms with E-state index in [1.54, 1.807) is 0 Å². The van der Waals surface area contributed by atoms with Crippen molar-refractivity contribution in [2.45, 2.75) is 56.8 Å². The number of β-amino-alcohol motifs (C(OH)–C–C–N with tert-alkyl or cyclic N) is 1. The molecule has 1 aromatic carbocycles. The predicted molar refractivity (Wildman–Crippen MR) is 99.3 cm³/mol. The van der Waals surface area contributed by atoms with Crippen LogP contribution in [0.3, 0.4) is 0 Å². The second-order valence-corrected chi connectivity index (χ2v) is 7.39. The second kappa shape index (κ2) is 9.38. The second-order valence-electron chi connectivity index (χ2n) is 6.54. The van der Waals surface area contributed by atoms with Crippen LogP contribution in [0.1, 0.15) is 37.7 Å². The summed E-state index contributed by atoms with van der Waals surface area (Å²) in [5.74, 6) is 0. The van der Waals surface area contributed by atoms with Gasteiger partial charge in [-0.3, -0.25) is 4.90 Å². The smallest absolute Gasteiger partial charge is 0.0730 e. The van der Waals surface area contributed by atoms with Gasteiger partial charge in [-0.25, -0.2) is 0 Å². The van der Waals surface area contributed by atoms with Crippen LogP contribution in [0.2, 0.25) is 0 Å². The normalized spacial score (nSPS) is 28.5. The Kier molecular flexibility index (Phi) is 7.83. The van der Waals surface area contributed by atoms with Gasteiger partial charge in [0, 0.05) is 23.6 Å². The van der Waals surface area contributed by atoms with E-state index < -0.39 is 0 Å². The fourth-order valence-corrected chi connectivity index (χ4v) is 4.26. The number of aliphatic hydroxyl groups is 1. The molecule has 3 rings (SSSR count). The summed E-state index contributed by atoms with van der Waals surface area (Å²) >= 11 is 3.60. The van der Waals surface area contributed by atoms with Gasteiger partial charge in [-0.2, -0.15) is 0 Å². The first-order valence-electron chi connectivity index (χ1n) is 8.51. The number of ether oxygens (including phenoxy) is 1. The van der Waals surface area contributed by atoms with Crippen LogP contribution in [0.5, 0.6) is 0 Å². The van der Waals surface area contributed by atoms with E-state index in [-0.39, 0.29) is 18.5 Å². The van der Waals surface area contributed by atoms with Gasteiger partial charge in [0.05, 0.1) is 18.8 Å². The first kappa shape index (κ1) is 19.2. The molecule has 1 saturated heterocycles. The lowest BCUT2D eigenvalue weighted by Crippen LogP contribution is -2.46. The lowest BCUT2D eigenvalue weighted by atomic mass is 9.91. The summed E-state index contributed by atoms with van der Waals surface area (Å²) in [6.45, 7) is 2.63. The number of hydrogen-bond donors (Lipinski definition) is 1. The third-order valence-electron chi connectivity index (χ3n) is 4.99. The molecule has 0 aromatic heterocycles. The van der Waals surface area contributed by atoms with Crippen LogP contribution in [-0.4, -0.2) is 48.0 Å². The topological polar surface area (TPSA) is 32.7 Å². The Bertz CT molecular complexity index is 488. The Balaban J connectivity index is 0.00000192. The number of hydrogen-bond acceptors (Lipinski definition) is 3. The molecular weight excluding hydrogens is 378 g/mol. The molecule has 1 N–H and O–H groups in total. The number of halogens is 2. The van der Waals surface area contributed by atoms with E-state index >= 15 is 0 Å². The first-order chi connectivity index (χ1) is 10.7. The summed E-state index contributed by atoms with van der Waals surface area (Å²) in [4.78, 5) is 2.45. The molecule has 5 heteroatoms. The highest BCUT2D eigenvalue weighted by molar-refractivity contribution is 9.10. The van der Waals surface area contributed by atoms with Crippen molar-refractivity contribution >= 4 is 28.3 Å². The average Bonchev–Trinajstić information content (AvgIpc) is 2.96. The Morgan fingerprint density at radius 3 is 2.70 bits per heavy atom. The fourth-order valence-electron chi connectivity index (χ4n) is 3.78. The third kappa shape index (κ3) is 5.17. The van der Waals surface area contributed by atoms with Gasteiger partial charge in [0.2, 0.25) is 0 Å². The zero-order valence-corrected chi connectivity index (χ0v) is 15.9. The SMILES string of the molecule is Cl.OC1CCN(C2CCCCC2OCCc2ccccc2Br)C1. The van der Waals surface area contributed by atoms with Crippen LogP contribution in [-0.2, 0) is 11.2 Å². The van der Waals surface area contributed by atoms with Gasteiger partial charge in [0.1, 0.15) is 0 Å². The molecule has 23 heavy (non-hydrogen) atoms. The minimum atomic E-state index is -0.136. The van der Waals surface area contributed by atoms with Crippen molar-refractivity contribution in [3.05, 3.63) is 34.3 Å². The van der Waals surface area contributed by atoms with Crippen LogP contribution < -0.4 is 0 Å². The fraction of sp³-hybridized carbons (Fsp3) is 0.667. The molecule has 1 saturated carbocycles. The minimum Gasteiger partial charge on any atom is -0.392 e. The minimum absolute atomic E-state index is 0. The molecule has 1 heterocycles. The lowest BCUT2D eigenvalue weighted by Gasteiger charge is -2.37. The largest absolute Gasteiger partial charge is 0.392 e. The molecule has 0 spiro atoms. The number of likely N-dealkylation sites (tertiary alicyclic amines) is 1. The monoisotopic (exact) mass is 403 g/mol. The van der Waals surface area contributed by atoms with Crippen molar-refractivity contribution < 1.29 is 9.84 Å². The van der Waals surface area contributed by atoms with Crippen molar-refractivity contribution in [1.29, 1.82) is 0 Å². The van der Waals surface area contributed by atoms with Gasteiger partial charge in [-0.05, 0) is 37.3 Å². The van der Waals surface area contributed by atoms with E-state index in [4.69, 9.17) is 4.74 Å². The summed E-state index contributed by atoms with van der Waals surface area (Å²) in [6.07, 6.45) is 7.01. The maximum absolute atomic E-state index is 9.78. The summed E-state index contributed by atoms with van der Waals surface area (Å²) in [5, 5.41) is 9.78. The molecule has 3 nitrogen and oxygen atoms in total. The summed E-state index contributed by atoms with van der Waals surface area (Å²) < 4.78 is 7.43. The highest BCUT2D eigenvalue weighted by atomic mass is 79.9. The molecular formula is C18H27BrClNO2. The van der Waals surface area contributed by atoms with Crippen LogP contribution in [0.15, 0.2) is 28.7 Å². The van der Waals surface area contributed by atoms with Crippen LogP contribution in [0, 0.1) is 0 Å². The van der Waals surface area contributed by atoms with Crippen molar-refractivity contribution in [3.63, 3.8) is 0 Å². The Morgan fingerprint density at radius 2 is 1.96 bits per heavy atom. The summed E-state index contributed by atoms with van der Waals surface area (Å²) in [6, 6.07) is 8.87.